The Morgan fingerprint density at radius 3 is 2.67 bits per heavy atom. The average molecular weight is 166 g/mol. The zero-order valence-corrected chi connectivity index (χ0v) is 8.17. The third-order valence-electron chi connectivity index (χ3n) is 2.94. The molecule has 0 aromatic carbocycles. The molecule has 1 aliphatic rings. The van der Waals surface area contributed by atoms with E-state index in [2.05, 4.69) is 37.0 Å². The Balaban J connectivity index is 2.67. The molecule has 1 aliphatic heterocycles. The van der Waals surface area contributed by atoms with E-state index in [1.807, 2.05) is 0 Å². The number of hydrogen-bond acceptors (Lipinski definition) is 2. The normalized spacial score (nSPS) is 38.7. The Morgan fingerprint density at radius 1 is 1.42 bits per heavy atom. The van der Waals surface area contributed by atoms with E-state index in [9.17, 15) is 0 Å². The second kappa shape index (κ2) is 3.93. The number of hydrogen-bond donors (Lipinski definition) is 1. The van der Waals surface area contributed by atoms with Crippen molar-refractivity contribution in [3.63, 3.8) is 0 Å². The summed E-state index contributed by atoms with van der Waals surface area (Å²) < 4.78 is 0. The Kier molecular flexibility index (Phi) is 3.13. The van der Waals surface area contributed by atoms with E-state index < -0.39 is 0 Å². The van der Waals surface area contributed by atoms with Crippen LogP contribution in [0.5, 0.6) is 0 Å². The molecule has 68 valence electrons. The maximum Gasteiger partial charge on any atom is 0.0477 e. The van der Waals surface area contributed by atoms with Crippen LogP contribution in [0.4, 0.5) is 0 Å². The van der Waals surface area contributed by atoms with E-state index in [0.717, 1.165) is 13.1 Å². The van der Waals surface area contributed by atoms with Crippen LogP contribution in [0.15, 0.2) is 0 Å². The monoisotopic (exact) mass is 166 g/mol. The molecule has 0 bridgehead atoms. The molecule has 1 saturated heterocycles. The second-order valence-corrected chi connectivity index (χ2v) is 3.69. The highest BCUT2D eigenvalue weighted by Crippen LogP contribution is 2.13. The lowest BCUT2D eigenvalue weighted by molar-refractivity contribution is 0.189. The van der Waals surface area contributed by atoms with Gasteiger partial charge in [0.1, 0.15) is 0 Å². The van der Waals surface area contributed by atoms with Gasteiger partial charge < -0.3 is 5.32 Å². The molecule has 0 aliphatic carbocycles. The summed E-state index contributed by atoms with van der Waals surface area (Å²) in [4.78, 5) is 2.35. The first-order valence-electron chi connectivity index (χ1n) is 4.55. The predicted molar refractivity (Wildman–Crippen MR) is 51.9 cm³/mol. The first-order chi connectivity index (χ1) is 5.66. The molecule has 2 heteroatoms. The molecule has 0 saturated carbocycles. The topological polar surface area (TPSA) is 15.3 Å². The van der Waals surface area contributed by atoms with Crippen molar-refractivity contribution in [2.75, 3.05) is 20.1 Å². The predicted octanol–water partition coefficient (Wildman–Crippen LogP) is 0.548. The SMILES string of the molecule is C#C[C@H]1CNC[C@@H](C)N(C)C1C. The molecule has 1 unspecified atom stereocenters. The fourth-order valence-corrected chi connectivity index (χ4v) is 1.65. The zero-order chi connectivity index (χ0) is 9.14. The molecule has 1 fully saturated rings. The molecule has 2 nitrogen and oxygen atoms in total. The van der Waals surface area contributed by atoms with Crippen molar-refractivity contribution < 1.29 is 0 Å². The van der Waals surface area contributed by atoms with Crippen LogP contribution in [0.2, 0.25) is 0 Å². The molecule has 1 rings (SSSR count). The van der Waals surface area contributed by atoms with E-state index in [-0.39, 0.29) is 0 Å². The third kappa shape index (κ3) is 1.80. The fraction of sp³-hybridized carbons (Fsp3) is 0.800. The van der Waals surface area contributed by atoms with Gasteiger partial charge in [0.2, 0.25) is 0 Å². The van der Waals surface area contributed by atoms with Crippen molar-refractivity contribution in [3.8, 4) is 12.3 Å². The quantitative estimate of drug-likeness (QED) is 0.529. The fourth-order valence-electron chi connectivity index (χ4n) is 1.65. The van der Waals surface area contributed by atoms with Gasteiger partial charge in [-0.3, -0.25) is 4.90 Å². The van der Waals surface area contributed by atoms with E-state index in [1.165, 1.54) is 0 Å². The van der Waals surface area contributed by atoms with Gasteiger partial charge in [0.15, 0.2) is 0 Å². The minimum Gasteiger partial charge on any atom is -0.314 e. The molecule has 0 aromatic rings. The Labute approximate surface area is 75.3 Å². The van der Waals surface area contributed by atoms with E-state index in [0.29, 0.717) is 18.0 Å². The van der Waals surface area contributed by atoms with Crippen LogP contribution < -0.4 is 5.32 Å². The smallest absolute Gasteiger partial charge is 0.0477 e. The van der Waals surface area contributed by atoms with Gasteiger partial charge in [0, 0.05) is 31.1 Å². The van der Waals surface area contributed by atoms with Gasteiger partial charge >= 0.3 is 0 Å². The van der Waals surface area contributed by atoms with Gasteiger partial charge in [-0.2, -0.15) is 0 Å². The zero-order valence-electron chi connectivity index (χ0n) is 8.17. The van der Waals surface area contributed by atoms with Crippen molar-refractivity contribution in [3.05, 3.63) is 0 Å². The van der Waals surface area contributed by atoms with Crippen LogP contribution in [0.1, 0.15) is 13.8 Å². The van der Waals surface area contributed by atoms with Crippen LogP contribution in [-0.2, 0) is 0 Å². The minimum absolute atomic E-state index is 0.347. The lowest BCUT2D eigenvalue weighted by atomic mass is 10.0. The minimum atomic E-state index is 0.347. The Morgan fingerprint density at radius 2 is 2.08 bits per heavy atom. The molecule has 12 heavy (non-hydrogen) atoms. The summed E-state index contributed by atoms with van der Waals surface area (Å²) in [6.07, 6.45) is 5.45. The summed E-state index contributed by atoms with van der Waals surface area (Å²) in [6, 6.07) is 1.07. The number of nitrogens with zero attached hydrogens (tertiary/aromatic N) is 1. The second-order valence-electron chi connectivity index (χ2n) is 3.69. The van der Waals surface area contributed by atoms with Crippen LogP contribution in [0, 0.1) is 18.3 Å². The largest absolute Gasteiger partial charge is 0.314 e. The Bertz CT molecular complexity index is 183. The number of rotatable bonds is 0. The van der Waals surface area contributed by atoms with E-state index in [4.69, 9.17) is 6.42 Å². The summed E-state index contributed by atoms with van der Waals surface area (Å²) in [7, 11) is 2.15. The van der Waals surface area contributed by atoms with Crippen LogP contribution >= 0.6 is 0 Å². The summed E-state index contributed by atoms with van der Waals surface area (Å²) in [6.45, 7) is 6.42. The molecule has 1 N–H and O–H groups in total. The maximum absolute atomic E-state index is 5.45. The van der Waals surface area contributed by atoms with Crippen molar-refractivity contribution in [1.29, 1.82) is 0 Å². The molecule has 1 heterocycles. The molecule has 0 aromatic heterocycles. The van der Waals surface area contributed by atoms with Gasteiger partial charge in [-0.25, -0.2) is 0 Å². The maximum atomic E-state index is 5.45. The van der Waals surface area contributed by atoms with E-state index in [1.54, 1.807) is 0 Å². The molecule has 0 spiro atoms. The lowest BCUT2D eigenvalue weighted by Gasteiger charge is -2.29. The van der Waals surface area contributed by atoms with Crippen LogP contribution in [0.25, 0.3) is 0 Å². The van der Waals surface area contributed by atoms with Gasteiger partial charge in [0.05, 0.1) is 0 Å². The molecular formula is C10H18N2. The van der Waals surface area contributed by atoms with Gasteiger partial charge in [-0.05, 0) is 20.9 Å². The first-order valence-corrected chi connectivity index (χ1v) is 4.55. The van der Waals surface area contributed by atoms with Gasteiger partial charge in [0.25, 0.3) is 0 Å². The highest BCUT2D eigenvalue weighted by Gasteiger charge is 2.25. The molecule has 3 atom stereocenters. The average Bonchev–Trinajstić information content (AvgIpc) is 2.19. The highest BCUT2D eigenvalue weighted by molar-refractivity contribution is 5.01. The van der Waals surface area contributed by atoms with Gasteiger partial charge in [-0.1, -0.05) is 0 Å². The lowest BCUT2D eigenvalue weighted by Crippen LogP contribution is -2.40. The number of likely N-dealkylation sites (N-methyl/N-ethyl adjacent to an activating group) is 1. The van der Waals surface area contributed by atoms with Gasteiger partial charge in [-0.15, -0.1) is 12.3 Å². The van der Waals surface area contributed by atoms with Crippen LogP contribution in [0.3, 0.4) is 0 Å². The highest BCUT2D eigenvalue weighted by atomic mass is 15.2. The standard InChI is InChI=1S/C10H18N2/c1-5-10-7-11-6-8(2)12(4)9(10)3/h1,8-11H,6-7H2,2-4H3/t8-,9?,10+/m1/s1. The summed E-state index contributed by atoms with van der Waals surface area (Å²) in [5, 5.41) is 3.37. The van der Waals surface area contributed by atoms with Crippen molar-refractivity contribution >= 4 is 0 Å². The summed E-state index contributed by atoms with van der Waals surface area (Å²) >= 11 is 0. The summed E-state index contributed by atoms with van der Waals surface area (Å²) in [5.41, 5.74) is 0. The Hall–Kier alpha value is -0.520. The van der Waals surface area contributed by atoms with Crippen molar-refractivity contribution in [2.45, 2.75) is 25.9 Å². The molecular weight excluding hydrogens is 148 g/mol. The number of terminal acetylenes is 1. The van der Waals surface area contributed by atoms with Crippen molar-refractivity contribution in [2.24, 2.45) is 5.92 Å². The third-order valence-corrected chi connectivity index (χ3v) is 2.94. The van der Waals surface area contributed by atoms with Crippen LogP contribution in [-0.4, -0.2) is 37.1 Å². The summed E-state index contributed by atoms with van der Waals surface area (Å²) in [5.74, 6) is 3.19. The van der Waals surface area contributed by atoms with Crippen molar-refractivity contribution in [1.82, 2.24) is 10.2 Å². The number of nitrogens with one attached hydrogen (secondary N) is 1. The molecule has 0 radical (unpaired) electrons. The first kappa shape index (κ1) is 9.57. The van der Waals surface area contributed by atoms with E-state index >= 15 is 0 Å². The molecule has 0 amide bonds.